The lowest BCUT2D eigenvalue weighted by molar-refractivity contribution is 0.524. The van der Waals surface area contributed by atoms with Crippen LogP contribution in [0.5, 0.6) is 0 Å². The minimum atomic E-state index is -3.97. The van der Waals surface area contributed by atoms with Gasteiger partial charge in [0.2, 0.25) is 10.0 Å². The van der Waals surface area contributed by atoms with Gasteiger partial charge in [0.1, 0.15) is 10.7 Å². The summed E-state index contributed by atoms with van der Waals surface area (Å²) in [5.74, 6) is -1.96. The van der Waals surface area contributed by atoms with E-state index in [1.807, 2.05) is 6.92 Å². The zero-order valence-corrected chi connectivity index (χ0v) is 12.3. The fourth-order valence-electron chi connectivity index (χ4n) is 1.81. The number of halogens is 2. The maximum Gasteiger partial charge on any atom is 0.243 e. The Morgan fingerprint density at radius 3 is 2.50 bits per heavy atom. The molecule has 1 aromatic rings. The van der Waals surface area contributed by atoms with E-state index in [-0.39, 0.29) is 6.54 Å². The summed E-state index contributed by atoms with van der Waals surface area (Å²) in [6.07, 6.45) is 3.64. The van der Waals surface area contributed by atoms with Crippen LogP contribution in [0.2, 0.25) is 0 Å². The van der Waals surface area contributed by atoms with Crippen LogP contribution < -0.4 is 10.5 Å². The Morgan fingerprint density at radius 1 is 1.20 bits per heavy atom. The lowest BCUT2D eigenvalue weighted by atomic mass is 10.2. The summed E-state index contributed by atoms with van der Waals surface area (Å²) in [5, 5.41) is 0. The molecule has 0 atom stereocenters. The average molecular weight is 306 g/mol. The normalized spacial score (nSPS) is 11.8. The number of hydrogen-bond acceptors (Lipinski definition) is 3. The lowest BCUT2D eigenvalue weighted by Gasteiger charge is -2.10. The van der Waals surface area contributed by atoms with Crippen LogP contribution in [0.1, 0.15) is 38.2 Å². The molecule has 0 amide bonds. The number of unbranched alkanes of at least 4 members (excludes halogenated alkanes) is 3. The summed E-state index contributed by atoms with van der Waals surface area (Å²) in [6.45, 7) is 1.89. The standard InChI is InChI=1S/C13H20F2N2O2S/c1-2-3-4-5-8-17-20(18,19)12-7-6-11(14)10(9-16)13(12)15/h6-7,17H,2-5,8-9,16H2,1H3. The van der Waals surface area contributed by atoms with Crippen LogP contribution >= 0.6 is 0 Å². The summed E-state index contributed by atoms with van der Waals surface area (Å²) in [7, 11) is -3.97. The van der Waals surface area contributed by atoms with Crippen LogP contribution in [0.15, 0.2) is 17.0 Å². The highest BCUT2D eigenvalue weighted by molar-refractivity contribution is 7.89. The van der Waals surface area contributed by atoms with Crippen molar-refractivity contribution >= 4 is 10.0 Å². The molecule has 0 heterocycles. The third kappa shape index (κ3) is 4.22. The van der Waals surface area contributed by atoms with Crippen LogP contribution in [-0.2, 0) is 16.6 Å². The molecule has 0 spiro atoms. The average Bonchev–Trinajstić information content (AvgIpc) is 2.38. The third-order valence-electron chi connectivity index (χ3n) is 2.97. The van der Waals surface area contributed by atoms with Crippen molar-refractivity contribution in [3.8, 4) is 0 Å². The minimum Gasteiger partial charge on any atom is -0.326 e. The Kier molecular flexibility index (Phi) is 6.51. The van der Waals surface area contributed by atoms with Gasteiger partial charge in [-0.25, -0.2) is 21.9 Å². The molecule has 0 radical (unpaired) electrons. The molecule has 3 N–H and O–H groups in total. The summed E-state index contributed by atoms with van der Waals surface area (Å²) in [6, 6.07) is 1.83. The maximum atomic E-state index is 13.9. The molecule has 7 heteroatoms. The molecule has 0 aliphatic carbocycles. The summed E-state index contributed by atoms with van der Waals surface area (Å²) < 4.78 is 53.4. The summed E-state index contributed by atoms with van der Waals surface area (Å²) in [5.41, 5.74) is 4.81. The quantitative estimate of drug-likeness (QED) is 0.724. The number of rotatable bonds is 8. The molecule has 20 heavy (non-hydrogen) atoms. The molecule has 0 saturated carbocycles. The summed E-state index contributed by atoms with van der Waals surface area (Å²) in [4.78, 5) is -0.560. The van der Waals surface area contributed by atoms with Crippen molar-refractivity contribution in [3.63, 3.8) is 0 Å². The highest BCUT2D eigenvalue weighted by atomic mass is 32.2. The second-order valence-electron chi connectivity index (χ2n) is 4.50. The molecule has 4 nitrogen and oxygen atoms in total. The first kappa shape index (κ1) is 17.0. The molecule has 0 unspecified atom stereocenters. The molecular weight excluding hydrogens is 286 g/mol. The SMILES string of the molecule is CCCCCCNS(=O)(=O)c1ccc(F)c(CN)c1F. The number of hydrogen-bond donors (Lipinski definition) is 2. The zero-order chi connectivity index (χ0) is 15.2. The fraction of sp³-hybridized carbons (Fsp3) is 0.538. The van der Waals surface area contributed by atoms with Crippen molar-refractivity contribution in [2.45, 2.75) is 44.0 Å². The number of nitrogens with two attached hydrogens (primary N) is 1. The molecule has 0 fully saturated rings. The molecule has 1 rings (SSSR count). The molecule has 0 aliphatic rings. The van der Waals surface area contributed by atoms with Crippen LogP contribution in [0.25, 0.3) is 0 Å². The van der Waals surface area contributed by atoms with E-state index in [4.69, 9.17) is 5.73 Å². The van der Waals surface area contributed by atoms with Crippen LogP contribution in [0, 0.1) is 11.6 Å². The first-order chi connectivity index (χ1) is 9.44. The molecule has 0 bridgehead atoms. The third-order valence-corrected chi connectivity index (χ3v) is 4.45. The van der Waals surface area contributed by atoms with E-state index in [9.17, 15) is 17.2 Å². The molecule has 0 saturated heterocycles. The van der Waals surface area contributed by atoms with Gasteiger partial charge < -0.3 is 5.73 Å². The van der Waals surface area contributed by atoms with E-state index in [1.165, 1.54) is 0 Å². The van der Waals surface area contributed by atoms with E-state index < -0.39 is 38.7 Å². The largest absolute Gasteiger partial charge is 0.326 e. The van der Waals surface area contributed by atoms with Crippen molar-refractivity contribution in [3.05, 3.63) is 29.3 Å². The Morgan fingerprint density at radius 2 is 1.90 bits per heavy atom. The van der Waals surface area contributed by atoms with Gasteiger partial charge in [-0.15, -0.1) is 0 Å². The van der Waals surface area contributed by atoms with E-state index >= 15 is 0 Å². The number of nitrogens with one attached hydrogen (secondary N) is 1. The van der Waals surface area contributed by atoms with Crippen LogP contribution in [0.3, 0.4) is 0 Å². The predicted molar refractivity (Wildman–Crippen MR) is 73.6 cm³/mol. The van der Waals surface area contributed by atoms with Crippen LogP contribution in [0.4, 0.5) is 8.78 Å². The minimum absolute atomic E-state index is 0.233. The second kappa shape index (κ2) is 7.66. The van der Waals surface area contributed by atoms with Gasteiger partial charge in [-0.05, 0) is 18.6 Å². The van der Waals surface area contributed by atoms with Gasteiger partial charge >= 0.3 is 0 Å². The molecule has 114 valence electrons. The molecule has 1 aromatic carbocycles. The van der Waals surface area contributed by atoms with Gasteiger partial charge in [0.25, 0.3) is 0 Å². The van der Waals surface area contributed by atoms with Gasteiger partial charge in [-0.3, -0.25) is 0 Å². The van der Waals surface area contributed by atoms with Gasteiger partial charge in [-0.1, -0.05) is 26.2 Å². The fourth-order valence-corrected chi connectivity index (χ4v) is 2.98. The van der Waals surface area contributed by atoms with Crippen molar-refractivity contribution in [1.82, 2.24) is 4.72 Å². The van der Waals surface area contributed by atoms with Gasteiger partial charge in [0.05, 0.1) is 0 Å². The Bertz CT molecular complexity index is 548. The van der Waals surface area contributed by atoms with Crippen LogP contribution in [-0.4, -0.2) is 15.0 Å². The lowest BCUT2D eigenvalue weighted by Crippen LogP contribution is -2.26. The first-order valence-electron chi connectivity index (χ1n) is 6.60. The van der Waals surface area contributed by atoms with Gasteiger partial charge in [0.15, 0.2) is 5.82 Å². The van der Waals surface area contributed by atoms with E-state index in [0.717, 1.165) is 31.4 Å². The Balaban J connectivity index is 2.83. The number of benzene rings is 1. The Labute approximate surface area is 118 Å². The highest BCUT2D eigenvalue weighted by Crippen LogP contribution is 2.20. The van der Waals surface area contributed by atoms with Gasteiger partial charge in [0, 0.05) is 18.7 Å². The van der Waals surface area contributed by atoms with E-state index in [2.05, 4.69) is 4.72 Å². The molecule has 0 aliphatic heterocycles. The van der Waals surface area contributed by atoms with E-state index in [1.54, 1.807) is 0 Å². The zero-order valence-electron chi connectivity index (χ0n) is 11.5. The van der Waals surface area contributed by atoms with Crippen molar-refractivity contribution in [2.75, 3.05) is 6.54 Å². The highest BCUT2D eigenvalue weighted by Gasteiger charge is 2.22. The number of sulfonamides is 1. The van der Waals surface area contributed by atoms with Crippen molar-refractivity contribution in [1.29, 1.82) is 0 Å². The Hall–Kier alpha value is -1.05. The summed E-state index contributed by atoms with van der Waals surface area (Å²) >= 11 is 0. The molecule has 0 aromatic heterocycles. The van der Waals surface area contributed by atoms with Crippen molar-refractivity contribution in [2.24, 2.45) is 5.73 Å². The van der Waals surface area contributed by atoms with Gasteiger partial charge in [-0.2, -0.15) is 0 Å². The smallest absolute Gasteiger partial charge is 0.243 e. The van der Waals surface area contributed by atoms with Crippen molar-refractivity contribution < 1.29 is 17.2 Å². The maximum absolute atomic E-state index is 13.9. The monoisotopic (exact) mass is 306 g/mol. The molecular formula is C13H20F2N2O2S. The van der Waals surface area contributed by atoms with E-state index in [0.29, 0.717) is 6.42 Å². The topological polar surface area (TPSA) is 72.2 Å². The first-order valence-corrected chi connectivity index (χ1v) is 8.09. The predicted octanol–water partition coefficient (Wildman–Crippen LogP) is 2.28. The second-order valence-corrected chi connectivity index (χ2v) is 6.24.